The minimum atomic E-state index is -0.244. The molecule has 0 aliphatic carbocycles. The van der Waals surface area contributed by atoms with E-state index >= 15 is 0 Å². The molecular weight excluding hydrogens is 230 g/mol. The van der Waals surface area contributed by atoms with E-state index in [1.165, 1.54) is 0 Å². The maximum absolute atomic E-state index is 12.0. The molecule has 0 radical (unpaired) electrons. The lowest BCUT2D eigenvalue weighted by Gasteiger charge is -2.06. The molecule has 94 valence electrons. The van der Waals surface area contributed by atoms with Gasteiger partial charge in [0, 0.05) is 24.6 Å². The van der Waals surface area contributed by atoms with Crippen LogP contribution in [0.2, 0.25) is 0 Å². The number of anilines is 1. The zero-order valence-corrected chi connectivity index (χ0v) is 10.4. The number of amides is 1. The van der Waals surface area contributed by atoms with Crippen LogP contribution in [0, 0.1) is 6.92 Å². The fraction of sp³-hybridized carbons (Fsp3) is 0.333. The van der Waals surface area contributed by atoms with Crippen LogP contribution in [0.3, 0.4) is 0 Å². The van der Waals surface area contributed by atoms with Gasteiger partial charge in [-0.3, -0.25) is 14.8 Å². The van der Waals surface area contributed by atoms with Crippen LogP contribution in [0.5, 0.6) is 0 Å². The summed E-state index contributed by atoms with van der Waals surface area (Å²) in [6.07, 6.45) is 4.14. The third-order valence-corrected chi connectivity index (χ3v) is 2.40. The molecule has 0 saturated carbocycles. The Balaban J connectivity index is 2.14. The van der Waals surface area contributed by atoms with Crippen molar-refractivity contribution in [3.63, 3.8) is 0 Å². The lowest BCUT2D eigenvalue weighted by molar-refractivity contribution is 0.101. The van der Waals surface area contributed by atoms with Gasteiger partial charge in [-0.2, -0.15) is 5.10 Å². The lowest BCUT2D eigenvalue weighted by Crippen LogP contribution is -2.19. The van der Waals surface area contributed by atoms with Crippen LogP contribution in [0.25, 0.3) is 0 Å². The van der Waals surface area contributed by atoms with Gasteiger partial charge in [-0.05, 0) is 25.5 Å². The lowest BCUT2D eigenvalue weighted by atomic mass is 10.4. The number of hydrogen-bond acceptors (Lipinski definition) is 4. The van der Waals surface area contributed by atoms with E-state index in [0.29, 0.717) is 18.2 Å². The molecule has 2 aromatic heterocycles. The molecule has 2 heterocycles. The molecule has 6 nitrogen and oxygen atoms in total. The average Bonchev–Trinajstić information content (AvgIpc) is 2.78. The van der Waals surface area contributed by atoms with Crippen LogP contribution >= 0.6 is 0 Å². The van der Waals surface area contributed by atoms with E-state index in [-0.39, 0.29) is 5.91 Å². The summed E-state index contributed by atoms with van der Waals surface area (Å²) in [6.45, 7) is 4.59. The molecule has 2 rings (SSSR count). The summed E-state index contributed by atoms with van der Waals surface area (Å²) in [7, 11) is 0. The van der Waals surface area contributed by atoms with Crippen molar-refractivity contribution in [1.82, 2.24) is 19.7 Å². The predicted molar refractivity (Wildman–Crippen MR) is 67.2 cm³/mol. The minimum absolute atomic E-state index is 0.244. The van der Waals surface area contributed by atoms with Crippen LogP contribution in [-0.2, 0) is 6.54 Å². The summed E-state index contributed by atoms with van der Waals surface area (Å²) in [5.74, 6) is 0.0656. The van der Waals surface area contributed by atoms with Gasteiger partial charge in [0.15, 0.2) is 0 Å². The SMILES string of the molecule is CCCn1nccc1C(=O)Nc1nccc(C)n1. The van der Waals surface area contributed by atoms with Gasteiger partial charge < -0.3 is 0 Å². The van der Waals surface area contributed by atoms with Gasteiger partial charge in [0.1, 0.15) is 5.69 Å². The summed E-state index contributed by atoms with van der Waals surface area (Å²) in [5, 5.41) is 6.76. The molecule has 18 heavy (non-hydrogen) atoms. The summed E-state index contributed by atoms with van der Waals surface area (Å²) in [5.41, 5.74) is 1.32. The first kappa shape index (κ1) is 12.2. The minimum Gasteiger partial charge on any atom is -0.289 e. The Labute approximate surface area is 105 Å². The first-order valence-electron chi connectivity index (χ1n) is 5.83. The molecule has 6 heteroatoms. The van der Waals surface area contributed by atoms with Crippen molar-refractivity contribution in [3.05, 3.63) is 35.9 Å². The number of aromatic nitrogens is 4. The third kappa shape index (κ3) is 2.71. The van der Waals surface area contributed by atoms with Gasteiger partial charge in [0.05, 0.1) is 0 Å². The molecule has 0 aliphatic heterocycles. The first-order valence-corrected chi connectivity index (χ1v) is 5.83. The van der Waals surface area contributed by atoms with Crippen molar-refractivity contribution in [2.75, 3.05) is 5.32 Å². The molecule has 0 fully saturated rings. The molecule has 0 unspecified atom stereocenters. The number of nitrogens with one attached hydrogen (secondary N) is 1. The zero-order valence-electron chi connectivity index (χ0n) is 10.4. The Morgan fingerprint density at radius 2 is 2.22 bits per heavy atom. The summed E-state index contributed by atoms with van der Waals surface area (Å²) in [6, 6.07) is 3.46. The number of hydrogen-bond donors (Lipinski definition) is 1. The van der Waals surface area contributed by atoms with E-state index in [0.717, 1.165) is 12.1 Å². The molecule has 0 spiro atoms. The van der Waals surface area contributed by atoms with E-state index in [4.69, 9.17) is 0 Å². The number of aryl methyl sites for hydroxylation is 2. The second-order valence-electron chi connectivity index (χ2n) is 3.92. The highest BCUT2D eigenvalue weighted by atomic mass is 16.2. The van der Waals surface area contributed by atoms with Crippen molar-refractivity contribution in [2.45, 2.75) is 26.8 Å². The Hall–Kier alpha value is -2.24. The normalized spacial score (nSPS) is 10.3. The molecule has 1 amide bonds. The van der Waals surface area contributed by atoms with Crippen molar-refractivity contribution in [2.24, 2.45) is 0 Å². The summed E-state index contributed by atoms with van der Waals surface area (Å²) < 4.78 is 1.67. The third-order valence-electron chi connectivity index (χ3n) is 2.40. The molecule has 2 aromatic rings. The average molecular weight is 245 g/mol. The standard InChI is InChI=1S/C12H15N5O/c1-3-8-17-10(5-7-14-17)11(18)16-12-13-6-4-9(2)15-12/h4-7H,3,8H2,1-2H3,(H,13,15,16,18). The van der Waals surface area contributed by atoms with Crippen LogP contribution in [0.15, 0.2) is 24.5 Å². The molecule has 1 N–H and O–H groups in total. The smallest absolute Gasteiger partial charge is 0.276 e. The van der Waals surface area contributed by atoms with Crippen LogP contribution in [-0.4, -0.2) is 25.7 Å². The fourth-order valence-corrected chi connectivity index (χ4v) is 1.59. The van der Waals surface area contributed by atoms with Gasteiger partial charge in [-0.25, -0.2) is 9.97 Å². The summed E-state index contributed by atoms with van der Waals surface area (Å²) >= 11 is 0. The maximum Gasteiger partial charge on any atom is 0.276 e. The molecule has 0 aromatic carbocycles. The van der Waals surface area contributed by atoms with Crippen molar-refractivity contribution in [3.8, 4) is 0 Å². The van der Waals surface area contributed by atoms with E-state index in [9.17, 15) is 4.79 Å². The topological polar surface area (TPSA) is 72.7 Å². The van der Waals surface area contributed by atoms with Gasteiger partial charge in [0.25, 0.3) is 5.91 Å². The van der Waals surface area contributed by atoms with Crippen LogP contribution < -0.4 is 5.32 Å². The highest BCUT2D eigenvalue weighted by Crippen LogP contribution is 2.05. The zero-order chi connectivity index (χ0) is 13.0. The van der Waals surface area contributed by atoms with E-state index in [2.05, 4.69) is 20.4 Å². The van der Waals surface area contributed by atoms with Crippen molar-refractivity contribution < 1.29 is 4.79 Å². The largest absolute Gasteiger partial charge is 0.289 e. The monoisotopic (exact) mass is 245 g/mol. The Bertz CT molecular complexity index is 549. The van der Waals surface area contributed by atoms with E-state index in [1.807, 2.05) is 13.8 Å². The molecule has 0 saturated heterocycles. The molecule has 0 atom stereocenters. The Morgan fingerprint density at radius 1 is 1.39 bits per heavy atom. The molecule has 0 bridgehead atoms. The number of carbonyl (C=O) groups is 1. The van der Waals surface area contributed by atoms with E-state index in [1.54, 1.807) is 29.2 Å². The quantitative estimate of drug-likeness (QED) is 0.888. The molecule has 0 aliphatic rings. The fourth-order valence-electron chi connectivity index (χ4n) is 1.59. The number of carbonyl (C=O) groups excluding carboxylic acids is 1. The number of rotatable bonds is 4. The Kier molecular flexibility index (Phi) is 3.66. The van der Waals surface area contributed by atoms with Crippen molar-refractivity contribution >= 4 is 11.9 Å². The van der Waals surface area contributed by atoms with Gasteiger partial charge in [-0.15, -0.1) is 0 Å². The number of nitrogens with zero attached hydrogens (tertiary/aromatic N) is 4. The highest BCUT2D eigenvalue weighted by Gasteiger charge is 2.12. The predicted octanol–water partition coefficient (Wildman–Crippen LogP) is 1.64. The van der Waals surface area contributed by atoms with Gasteiger partial charge in [0.2, 0.25) is 5.95 Å². The second kappa shape index (κ2) is 5.39. The molecular formula is C12H15N5O. The van der Waals surface area contributed by atoms with Crippen LogP contribution in [0.1, 0.15) is 29.5 Å². The van der Waals surface area contributed by atoms with Gasteiger partial charge >= 0.3 is 0 Å². The Morgan fingerprint density at radius 3 is 2.94 bits per heavy atom. The highest BCUT2D eigenvalue weighted by molar-refractivity contribution is 6.01. The maximum atomic E-state index is 12.0. The van der Waals surface area contributed by atoms with Crippen LogP contribution in [0.4, 0.5) is 5.95 Å². The van der Waals surface area contributed by atoms with E-state index < -0.39 is 0 Å². The second-order valence-corrected chi connectivity index (χ2v) is 3.92. The summed E-state index contributed by atoms with van der Waals surface area (Å²) in [4.78, 5) is 20.1. The van der Waals surface area contributed by atoms with Crippen molar-refractivity contribution in [1.29, 1.82) is 0 Å². The first-order chi connectivity index (χ1) is 8.70. The van der Waals surface area contributed by atoms with Gasteiger partial charge in [-0.1, -0.05) is 6.92 Å².